The molecule has 2 heterocycles. The molecule has 186 valence electrons. The van der Waals surface area contributed by atoms with Crippen LogP contribution in [0.5, 0.6) is 0 Å². The molecule has 1 N–H and O–H groups in total. The van der Waals surface area contributed by atoms with E-state index in [2.05, 4.69) is 5.32 Å². The van der Waals surface area contributed by atoms with Crippen LogP contribution in [-0.2, 0) is 4.74 Å². The number of carbonyl (C=O) groups is 2. The van der Waals surface area contributed by atoms with E-state index in [0.717, 1.165) is 28.5 Å². The summed E-state index contributed by atoms with van der Waals surface area (Å²) >= 11 is 13.7. The largest absolute Gasteiger partial charge is 0.462 e. The number of para-hydroxylation sites is 1. The second-order valence-electron chi connectivity index (χ2n) is 8.45. The van der Waals surface area contributed by atoms with Gasteiger partial charge in [-0.25, -0.2) is 9.78 Å². The van der Waals surface area contributed by atoms with E-state index in [1.54, 1.807) is 18.2 Å². The summed E-state index contributed by atoms with van der Waals surface area (Å²) in [5.74, 6) is -0.800. The van der Waals surface area contributed by atoms with Crippen molar-refractivity contribution in [2.45, 2.75) is 19.8 Å². The average molecular weight is 549 g/mol. The number of anilines is 1. The molecular formula is C29H22Cl2N2O3S. The minimum absolute atomic E-state index is 0.328. The van der Waals surface area contributed by atoms with E-state index in [9.17, 15) is 9.59 Å². The summed E-state index contributed by atoms with van der Waals surface area (Å²) in [7, 11) is 0. The lowest BCUT2D eigenvalue weighted by atomic mass is 10.0. The second-order valence-corrected chi connectivity index (χ2v) is 10.3. The van der Waals surface area contributed by atoms with Gasteiger partial charge in [0.25, 0.3) is 5.91 Å². The molecule has 5 nitrogen and oxygen atoms in total. The normalized spacial score (nSPS) is 11.1. The number of hydrogen-bond donors (Lipinski definition) is 1. The highest BCUT2D eigenvalue weighted by atomic mass is 35.5. The Morgan fingerprint density at radius 1 is 0.946 bits per heavy atom. The van der Waals surface area contributed by atoms with E-state index >= 15 is 0 Å². The summed E-state index contributed by atoms with van der Waals surface area (Å²) in [6.07, 6.45) is 1.69. The number of thiophene rings is 1. The topological polar surface area (TPSA) is 68.3 Å². The molecule has 2 aromatic heterocycles. The molecule has 0 atom stereocenters. The first-order chi connectivity index (χ1) is 18.0. The zero-order chi connectivity index (χ0) is 25.9. The monoisotopic (exact) mass is 548 g/mol. The van der Waals surface area contributed by atoms with Crippen molar-refractivity contribution in [3.63, 3.8) is 0 Å². The van der Waals surface area contributed by atoms with Crippen LogP contribution < -0.4 is 5.32 Å². The molecule has 5 rings (SSSR count). The van der Waals surface area contributed by atoms with Gasteiger partial charge in [-0.2, -0.15) is 0 Å². The number of pyridine rings is 1. The van der Waals surface area contributed by atoms with Crippen LogP contribution in [0.15, 0.2) is 72.8 Å². The smallest absolute Gasteiger partial charge is 0.341 e. The number of benzene rings is 3. The Balaban J connectivity index is 1.57. The van der Waals surface area contributed by atoms with Crippen LogP contribution in [0.1, 0.15) is 40.5 Å². The fourth-order valence-corrected chi connectivity index (χ4v) is 5.44. The number of nitrogens with zero attached hydrogens (tertiary/aromatic N) is 1. The summed E-state index contributed by atoms with van der Waals surface area (Å²) in [5, 5.41) is 5.71. The highest BCUT2D eigenvalue weighted by Crippen LogP contribution is 2.37. The number of carbonyl (C=O) groups excluding carboxylic acids is 2. The first-order valence-corrected chi connectivity index (χ1v) is 13.4. The number of fused-ring (bicyclic) bond motifs is 2. The standard InChI is InChI=1S/C29H22Cl2N2O3S/c1-2-3-14-36-29(35)26-19-9-5-7-11-25(19)37-28(26)33-27(34)20-16-24(17-12-13-21(30)22(31)15-17)32-23-10-6-4-8-18(20)23/h4-13,15-16H,2-3,14H2,1H3,(H,33,34). The van der Waals surface area contributed by atoms with Gasteiger partial charge in [0.15, 0.2) is 0 Å². The molecular weight excluding hydrogens is 527 g/mol. The van der Waals surface area contributed by atoms with E-state index in [1.807, 2.05) is 61.5 Å². The van der Waals surface area contributed by atoms with Crippen molar-refractivity contribution in [1.82, 2.24) is 4.98 Å². The van der Waals surface area contributed by atoms with Gasteiger partial charge in [-0.3, -0.25) is 4.79 Å². The molecule has 1 amide bonds. The van der Waals surface area contributed by atoms with E-state index in [-0.39, 0.29) is 5.91 Å². The molecule has 3 aromatic carbocycles. The van der Waals surface area contributed by atoms with Gasteiger partial charge < -0.3 is 10.1 Å². The maximum absolute atomic E-state index is 13.7. The van der Waals surface area contributed by atoms with Crippen molar-refractivity contribution in [3.05, 3.63) is 94.0 Å². The zero-order valence-corrected chi connectivity index (χ0v) is 22.2. The Morgan fingerprint density at radius 3 is 2.49 bits per heavy atom. The number of nitrogens with one attached hydrogen (secondary N) is 1. The molecule has 0 saturated heterocycles. The van der Waals surface area contributed by atoms with Gasteiger partial charge in [-0.1, -0.05) is 79.0 Å². The summed E-state index contributed by atoms with van der Waals surface area (Å²) in [6.45, 7) is 2.36. The molecule has 0 fully saturated rings. The third-order valence-corrected chi connectivity index (χ3v) is 7.76. The number of aromatic nitrogens is 1. The Kier molecular flexibility index (Phi) is 7.42. The molecule has 0 saturated carbocycles. The minimum atomic E-state index is -0.447. The first-order valence-electron chi connectivity index (χ1n) is 11.8. The van der Waals surface area contributed by atoms with E-state index < -0.39 is 5.97 Å². The second kappa shape index (κ2) is 10.9. The lowest BCUT2D eigenvalue weighted by molar-refractivity contribution is 0.0503. The van der Waals surface area contributed by atoms with Gasteiger partial charge in [-0.05, 0) is 36.8 Å². The van der Waals surface area contributed by atoms with E-state index in [1.165, 1.54) is 11.3 Å². The van der Waals surface area contributed by atoms with Crippen LogP contribution in [0, 0.1) is 0 Å². The van der Waals surface area contributed by atoms with Crippen LogP contribution in [0.4, 0.5) is 5.00 Å². The number of halogens is 2. The highest BCUT2D eigenvalue weighted by molar-refractivity contribution is 7.23. The van der Waals surface area contributed by atoms with Crippen molar-refractivity contribution >= 4 is 72.4 Å². The first kappa shape index (κ1) is 25.2. The molecule has 0 unspecified atom stereocenters. The summed E-state index contributed by atoms with van der Waals surface area (Å²) in [6, 6.07) is 21.9. The lowest BCUT2D eigenvalue weighted by Crippen LogP contribution is -2.15. The Bertz CT molecular complexity index is 1650. The molecule has 0 aliphatic carbocycles. The Morgan fingerprint density at radius 2 is 1.70 bits per heavy atom. The van der Waals surface area contributed by atoms with Gasteiger partial charge in [0.1, 0.15) is 10.6 Å². The molecule has 0 radical (unpaired) electrons. The maximum atomic E-state index is 13.7. The summed E-state index contributed by atoms with van der Waals surface area (Å²) in [4.78, 5) is 31.5. The third-order valence-electron chi connectivity index (χ3n) is 5.93. The zero-order valence-electron chi connectivity index (χ0n) is 19.9. The van der Waals surface area contributed by atoms with Gasteiger partial charge in [0.05, 0.1) is 33.4 Å². The summed E-state index contributed by atoms with van der Waals surface area (Å²) in [5.41, 5.74) is 2.77. The van der Waals surface area contributed by atoms with E-state index in [0.29, 0.717) is 49.4 Å². The van der Waals surface area contributed by atoms with Crippen LogP contribution in [0.2, 0.25) is 10.0 Å². The quantitative estimate of drug-likeness (QED) is 0.163. The highest BCUT2D eigenvalue weighted by Gasteiger charge is 2.23. The number of hydrogen-bond acceptors (Lipinski definition) is 5. The molecule has 8 heteroatoms. The molecule has 0 bridgehead atoms. The molecule has 0 aliphatic heterocycles. The fraction of sp³-hybridized carbons (Fsp3) is 0.138. The third kappa shape index (κ3) is 5.18. The lowest BCUT2D eigenvalue weighted by Gasteiger charge is -2.11. The van der Waals surface area contributed by atoms with Crippen molar-refractivity contribution < 1.29 is 14.3 Å². The number of rotatable bonds is 7. The Hall–Kier alpha value is -3.45. The predicted octanol–water partition coefficient (Wildman–Crippen LogP) is 8.63. The van der Waals surface area contributed by atoms with Crippen molar-refractivity contribution in [2.75, 3.05) is 11.9 Å². The number of esters is 1. The van der Waals surface area contributed by atoms with Crippen LogP contribution in [-0.4, -0.2) is 23.5 Å². The van der Waals surface area contributed by atoms with Gasteiger partial charge >= 0.3 is 5.97 Å². The predicted molar refractivity (Wildman–Crippen MR) is 152 cm³/mol. The van der Waals surface area contributed by atoms with Crippen molar-refractivity contribution in [3.8, 4) is 11.3 Å². The van der Waals surface area contributed by atoms with E-state index in [4.69, 9.17) is 32.9 Å². The van der Waals surface area contributed by atoms with Crippen LogP contribution in [0.3, 0.4) is 0 Å². The van der Waals surface area contributed by atoms with Crippen molar-refractivity contribution in [1.29, 1.82) is 0 Å². The number of unbranched alkanes of at least 4 members (excludes halogenated alkanes) is 1. The molecule has 0 spiro atoms. The molecule has 37 heavy (non-hydrogen) atoms. The maximum Gasteiger partial charge on any atom is 0.341 e. The minimum Gasteiger partial charge on any atom is -0.462 e. The van der Waals surface area contributed by atoms with Crippen LogP contribution >= 0.6 is 34.5 Å². The van der Waals surface area contributed by atoms with Crippen LogP contribution in [0.25, 0.3) is 32.2 Å². The SMILES string of the molecule is CCCCOC(=O)c1c(NC(=O)c2cc(-c3ccc(Cl)c(Cl)c3)nc3ccccc23)sc2ccccc12. The fourth-order valence-electron chi connectivity index (χ4n) is 4.05. The molecule has 0 aliphatic rings. The van der Waals surface area contributed by atoms with Gasteiger partial charge in [-0.15, -0.1) is 11.3 Å². The molecule has 5 aromatic rings. The van der Waals surface area contributed by atoms with Crippen molar-refractivity contribution in [2.24, 2.45) is 0 Å². The van der Waals surface area contributed by atoms with Gasteiger partial charge in [0, 0.05) is 21.0 Å². The summed E-state index contributed by atoms with van der Waals surface area (Å²) < 4.78 is 6.40. The number of amides is 1. The Labute approximate surface area is 228 Å². The number of ether oxygens (including phenoxy) is 1. The average Bonchev–Trinajstić information content (AvgIpc) is 3.27. The van der Waals surface area contributed by atoms with Gasteiger partial charge in [0.2, 0.25) is 0 Å².